The zero-order valence-electron chi connectivity index (χ0n) is 18.2. The lowest BCUT2D eigenvalue weighted by molar-refractivity contribution is -0.0762. The van der Waals surface area contributed by atoms with Crippen LogP contribution in [0, 0.1) is 0 Å². The average molecular weight is 480 g/mol. The molecule has 2 N–H and O–H groups in total. The molecule has 2 aliphatic heterocycles. The number of phosphoric acid groups is 1. The number of aromatic nitrogens is 4. The minimum absolute atomic E-state index is 0.0213. The van der Waals surface area contributed by atoms with E-state index in [0.29, 0.717) is 11.2 Å². The number of rotatable bonds is 5. The summed E-state index contributed by atoms with van der Waals surface area (Å²) in [7, 11) is -2.44. The first-order valence-electron chi connectivity index (χ1n) is 10.7. The molecule has 2 aromatic heterocycles. The Hall–Kier alpha value is -2.47. The van der Waals surface area contributed by atoms with Gasteiger partial charge >= 0.3 is 7.82 Å². The van der Waals surface area contributed by atoms with Gasteiger partial charge in [-0.25, -0.2) is 9.55 Å². The van der Waals surface area contributed by atoms with Crippen molar-refractivity contribution >= 4 is 24.9 Å². The molecule has 33 heavy (non-hydrogen) atoms. The van der Waals surface area contributed by atoms with Gasteiger partial charge in [0.15, 0.2) is 17.4 Å². The predicted octanol–water partition coefficient (Wildman–Crippen LogP) is 3.26. The molecule has 0 spiro atoms. The van der Waals surface area contributed by atoms with Crippen molar-refractivity contribution in [2.75, 3.05) is 19.5 Å². The lowest BCUT2D eigenvalue weighted by atomic mass is 9.93. The molecule has 1 aliphatic carbocycles. The smallest absolute Gasteiger partial charge is 0.475 e. The molecule has 2 aromatic rings. The van der Waals surface area contributed by atoms with Gasteiger partial charge in [-0.15, -0.1) is 0 Å². The summed E-state index contributed by atoms with van der Waals surface area (Å²) in [5.41, 5.74) is 14.5. The summed E-state index contributed by atoms with van der Waals surface area (Å²) in [5.74, 6) is 0.175. The van der Waals surface area contributed by atoms with Crippen LogP contribution in [0.3, 0.4) is 0 Å². The van der Waals surface area contributed by atoms with Gasteiger partial charge in [-0.1, -0.05) is 24.4 Å². The number of anilines is 1. The standard InChI is InChI=1S/C18H25N8O6P/c1-18(24-25-20)13-11(8-29-33(27,32-13)31-10-6-4-3-5-7-10)30-16(18)26-9-21-12-14(26)22-17(19)23-15(12)28-2/h9-11,13,16H,3-8H2,1-2H3,(H2,19,22,23)/t11-,13-,16-,18-,33?/m1/s1. The van der Waals surface area contributed by atoms with Gasteiger partial charge < -0.3 is 15.2 Å². The van der Waals surface area contributed by atoms with Gasteiger partial charge in [-0.05, 0) is 25.3 Å². The lowest BCUT2D eigenvalue weighted by Crippen LogP contribution is -2.46. The van der Waals surface area contributed by atoms with Crippen LogP contribution in [0.4, 0.5) is 5.95 Å². The van der Waals surface area contributed by atoms with Crippen molar-refractivity contribution in [1.82, 2.24) is 19.5 Å². The van der Waals surface area contributed by atoms with E-state index in [2.05, 4.69) is 25.0 Å². The monoisotopic (exact) mass is 480 g/mol. The molecule has 1 unspecified atom stereocenters. The van der Waals surface area contributed by atoms with E-state index in [0.717, 1.165) is 32.1 Å². The summed E-state index contributed by atoms with van der Waals surface area (Å²) in [4.78, 5) is 15.6. The number of nitrogen functional groups attached to an aromatic ring is 1. The second-order valence-electron chi connectivity index (χ2n) is 8.49. The van der Waals surface area contributed by atoms with Crippen LogP contribution in [-0.4, -0.2) is 57.1 Å². The van der Waals surface area contributed by atoms with E-state index in [9.17, 15) is 10.1 Å². The summed E-state index contributed by atoms with van der Waals surface area (Å²) in [6.07, 6.45) is 3.52. The number of hydrogen-bond donors (Lipinski definition) is 1. The van der Waals surface area contributed by atoms with Crippen LogP contribution in [0.1, 0.15) is 45.3 Å². The van der Waals surface area contributed by atoms with E-state index >= 15 is 0 Å². The van der Waals surface area contributed by atoms with Gasteiger partial charge in [-0.3, -0.25) is 18.1 Å². The van der Waals surface area contributed by atoms with Crippen molar-refractivity contribution in [3.05, 3.63) is 16.8 Å². The van der Waals surface area contributed by atoms with Crippen LogP contribution in [0.15, 0.2) is 11.4 Å². The molecule has 5 atom stereocenters. The largest absolute Gasteiger partial charge is 0.479 e. The number of methoxy groups -OCH3 is 1. The number of ether oxygens (including phenoxy) is 2. The number of azide groups is 1. The van der Waals surface area contributed by atoms with Gasteiger partial charge in [-0.2, -0.15) is 9.97 Å². The number of imidazole rings is 1. The van der Waals surface area contributed by atoms with E-state index in [1.54, 1.807) is 11.5 Å². The molecule has 178 valence electrons. The second-order valence-corrected chi connectivity index (χ2v) is 10.1. The molecule has 14 nitrogen and oxygen atoms in total. The molecule has 15 heteroatoms. The van der Waals surface area contributed by atoms with Crippen LogP contribution in [-0.2, 0) is 22.9 Å². The lowest BCUT2D eigenvalue weighted by Gasteiger charge is -2.37. The van der Waals surface area contributed by atoms with Crippen molar-refractivity contribution < 1.29 is 27.6 Å². The van der Waals surface area contributed by atoms with Crippen LogP contribution in [0.5, 0.6) is 5.88 Å². The normalized spacial score (nSPS) is 34.7. The molecule has 0 radical (unpaired) electrons. The van der Waals surface area contributed by atoms with E-state index in [4.69, 9.17) is 28.8 Å². The highest BCUT2D eigenvalue weighted by atomic mass is 31.2. The van der Waals surface area contributed by atoms with Crippen molar-refractivity contribution in [2.24, 2.45) is 5.11 Å². The summed E-state index contributed by atoms with van der Waals surface area (Å²) >= 11 is 0. The third-order valence-corrected chi connectivity index (χ3v) is 7.81. The predicted molar refractivity (Wildman–Crippen MR) is 114 cm³/mol. The van der Waals surface area contributed by atoms with Gasteiger partial charge in [0.2, 0.25) is 11.8 Å². The van der Waals surface area contributed by atoms with Crippen molar-refractivity contribution in [2.45, 2.75) is 69.1 Å². The number of nitrogens with zero attached hydrogens (tertiary/aromatic N) is 7. The Morgan fingerprint density at radius 2 is 2.15 bits per heavy atom. The fourth-order valence-electron chi connectivity index (χ4n) is 4.71. The maximum Gasteiger partial charge on any atom is 0.475 e. The number of nitrogens with two attached hydrogens (primary N) is 1. The van der Waals surface area contributed by atoms with Crippen molar-refractivity contribution in [1.29, 1.82) is 0 Å². The number of fused-ring (bicyclic) bond motifs is 2. The van der Waals surface area contributed by atoms with Gasteiger partial charge in [0.05, 0.1) is 26.1 Å². The number of hydrogen-bond acceptors (Lipinski definition) is 11. The zero-order chi connectivity index (χ0) is 23.2. The average Bonchev–Trinajstić information content (AvgIpc) is 3.32. The SMILES string of the molecule is COc1nc(N)nc2c1ncn2[C@@H]1O[C@@H]2COP(=O)(OC3CCCCC3)O[C@H]2[C@@]1(C)N=[N+]=[N-]. The quantitative estimate of drug-likeness (QED) is 0.288. The molecule has 0 amide bonds. The van der Waals surface area contributed by atoms with Crippen LogP contribution < -0.4 is 10.5 Å². The molecule has 4 heterocycles. The fourth-order valence-corrected chi connectivity index (χ4v) is 6.41. The molecule has 0 aromatic carbocycles. The Morgan fingerprint density at radius 3 is 2.88 bits per heavy atom. The first-order valence-corrected chi connectivity index (χ1v) is 12.2. The molecular weight excluding hydrogens is 455 g/mol. The highest BCUT2D eigenvalue weighted by molar-refractivity contribution is 7.48. The summed E-state index contributed by atoms with van der Waals surface area (Å²) in [6, 6.07) is 0. The van der Waals surface area contributed by atoms with E-state index in [-0.39, 0.29) is 24.5 Å². The third-order valence-electron chi connectivity index (χ3n) is 6.30. The van der Waals surface area contributed by atoms with E-state index in [1.807, 2.05) is 0 Å². The van der Waals surface area contributed by atoms with Gasteiger partial charge in [0, 0.05) is 4.91 Å². The zero-order valence-corrected chi connectivity index (χ0v) is 19.1. The molecule has 0 bridgehead atoms. The summed E-state index contributed by atoms with van der Waals surface area (Å²) in [5, 5.41) is 4.01. The maximum atomic E-state index is 13.3. The Bertz CT molecular complexity index is 1150. The fraction of sp³-hybridized carbons (Fsp3) is 0.722. The molecular formula is C18H25N8O6P. The molecule has 3 aliphatic rings. The highest BCUT2D eigenvalue weighted by Crippen LogP contribution is 2.61. The van der Waals surface area contributed by atoms with Crippen molar-refractivity contribution in [3.63, 3.8) is 0 Å². The summed E-state index contributed by atoms with van der Waals surface area (Å²) in [6.45, 7) is 1.61. The van der Waals surface area contributed by atoms with Gasteiger partial charge in [0.25, 0.3) is 0 Å². The molecule has 3 fully saturated rings. The first kappa shape index (κ1) is 22.3. The van der Waals surface area contributed by atoms with Crippen LogP contribution in [0.2, 0.25) is 0 Å². The number of phosphoric ester groups is 1. The molecule has 2 saturated heterocycles. The molecule has 5 rings (SSSR count). The Morgan fingerprint density at radius 1 is 1.36 bits per heavy atom. The second kappa shape index (κ2) is 8.39. The first-order chi connectivity index (χ1) is 15.9. The van der Waals surface area contributed by atoms with Crippen LogP contribution in [0.25, 0.3) is 21.6 Å². The van der Waals surface area contributed by atoms with E-state index in [1.165, 1.54) is 13.4 Å². The molecule has 1 saturated carbocycles. The Balaban J connectivity index is 1.49. The topological polar surface area (TPSA) is 182 Å². The minimum atomic E-state index is -3.88. The van der Waals surface area contributed by atoms with Gasteiger partial charge in [0.1, 0.15) is 17.7 Å². The highest BCUT2D eigenvalue weighted by Gasteiger charge is 2.61. The maximum absolute atomic E-state index is 13.3. The van der Waals surface area contributed by atoms with E-state index < -0.39 is 31.8 Å². The van der Waals surface area contributed by atoms with Crippen LogP contribution >= 0.6 is 7.82 Å². The third kappa shape index (κ3) is 3.82. The Kier molecular flexibility index (Phi) is 5.68. The van der Waals surface area contributed by atoms with Crippen molar-refractivity contribution in [3.8, 4) is 5.88 Å². The Labute approximate surface area is 189 Å². The minimum Gasteiger partial charge on any atom is -0.479 e. The summed E-state index contributed by atoms with van der Waals surface area (Å²) < 4.78 is 43.5.